The molecule has 0 aliphatic rings. The Morgan fingerprint density at radius 1 is 1.00 bits per heavy atom. The minimum absolute atomic E-state index is 0. The maximum atomic E-state index is 12.3. The summed E-state index contributed by atoms with van der Waals surface area (Å²) < 4.78 is 35.1. The van der Waals surface area contributed by atoms with E-state index in [1.54, 1.807) is 51.6 Å². The standard InChI is InChI=1S/C19H25N3O4S.HI/c1-20-19(21-11-12-27(23,24)16-7-5-4-6-8-16)22-14-15-9-10-17(25-2)18(13-15)26-3;/h4-10,13H,11-12,14H2,1-3H3,(H2,20,21,22);1H. The third kappa shape index (κ3) is 6.86. The van der Waals surface area contributed by atoms with E-state index in [-0.39, 0.29) is 36.3 Å². The molecule has 0 aliphatic carbocycles. The summed E-state index contributed by atoms with van der Waals surface area (Å²) in [4.78, 5) is 4.43. The van der Waals surface area contributed by atoms with Crippen molar-refractivity contribution in [2.45, 2.75) is 11.4 Å². The molecule has 2 N–H and O–H groups in total. The molecule has 28 heavy (non-hydrogen) atoms. The lowest BCUT2D eigenvalue weighted by Gasteiger charge is -2.13. The second-order valence-electron chi connectivity index (χ2n) is 5.67. The van der Waals surface area contributed by atoms with Gasteiger partial charge in [-0.05, 0) is 29.8 Å². The van der Waals surface area contributed by atoms with Gasteiger partial charge >= 0.3 is 0 Å². The Kier molecular flexibility index (Phi) is 10.1. The SMILES string of the molecule is CN=C(NCCS(=O)(=O)c1ccccc1)NCc1ccc(OC)c(OC)c1.I. The molecule has 0 bridgehead atoms. The number of guanidine groups is 1. The summed E-state index contributed by atoms with van der Waals surface area (Å²) in [6.07, 6.45) is 0. The van der Waals surface area contributed by atoms with Crippen LogP contribution in [0.2, 0.25) is 0 Å². The molecule has 2 aromatic rings. The van der Waals surface area contributed by atoms with Gasteiger partial charge in [-0.15, -0.1) is 24.0 Å². The van der Waals surface area contributed by atoms with Gasteiger partial charge in [0.1, 0.15) is 0 Å². The van der Waals surface area contributed by atoms with Gasteiger partial charge in [-0.1, -0.05) is 24.3 Å². The van der Waals surface area contributed by atoms with Crippen molar-refractivity contribution in [3.63, 3.8) is 0 Å². The highest BCUT2D eigenvalue weighted by Crippen LogP contribution is 2.27. The van der Waals surface area contributed by atoms with Crippen LogP contribution in [0.1, 0.15) is 5.56 Å². The highest BCUT2D eigenvalue weighted by Gasteiger charge is 2.13. The number of rotatable bonds is 8. The largest absolute Gasteiger partial charge is 0.493 e. The first-order valence-electron chi connectivity index (χ1n) is 8.43. The summed E-state index contributed by atoms with van der Waals surface area (Å²) in [5.41, 5.74) is 0.979. The molecule has 0 radical (unpaired) electrons. The molecule has 0 amide bonds. The number of nitrogens with zero attached hydrogens (tertiary/aromatic N) is 1. The highest BCUT2D eigenvalue weighted by molar-refractivity contribution is 14.0. The van der Waals surface area contributed by atoms with Gasteiger partial charge in [0.05, 0.1) is 24.9 Å². The average molecular weight is 519 g/mol. The molecule has 0 aromatic heterocycles. The molecule has 0 atom stereocenters. The van der Waals surface area contributed by atoms with Crippen LogP contribution in [0.4, 0.5) is 0 Å². The monoisotopic (exact) mass is 519 g/mol. The molecule has 0 unspecified atom stereocenters. The maximum absolute atomic E-state index is 12.3. The fraction of sp³-hybridized carbons (Fsp3) is 0.316. The minimum Gasteiger partial charge on any atom is -0.493 e. The molecule has 0 saturated carbocycles. The van der Waals surface area contributed by atoms with Gasteiger partial charge in [0.15, 0.2) is 27.3 Å². The normalized spacial score (nSPS) is 11.3. The molecule has 7 nitrogen and oxygen atoms in total. The van der Waals surface area contributed by atoms with Crippen LogP contribution in [0.25, 0.3) is 0 Å². The summed E-state index contributed by atoms with van der Waals surface area (Å²) in [5, 5.41) is 6.17. The lowest BCUT2D eigenvalue weighted by Crippen LogP contribution is -2.39. The quantitative estimate of drug-likeness (QED) is 0.317. The first kappa shape index (κ1) is 24.0. The molecule has 154 valence electrons. The van der Waals surface area contributed by atoms with Crippen LogP contribution in [0.5, 0.6) is 11.5 Å². The van der Waals surface area contributed by atoms with Gasteiger partial charge in [-0.2, -0.15) is 0 Å². The average Bonchev–Trinajstić information content (AvgIpc) is 2.70. The summed E-state index contributed by atoms with van der Waals surface area (Å²) in [6.45, 7) is 0.758. The van der Waals surface area contributed by atoms with E-state index >= 15 is 0 Å². The van der Waals surface area contributed by atoms with E-state index in [2.05, 4.69) is 15.6 Å². The summed E-state index contributed by atoms with van der Waals surface area (Å²) in [6, 6.07) is 14.0. The lowest BCUT2D eigenvalue weighted by molar-refractivity contribution is 0.354. The lowest BCUT2D eigenvalue weighted by atomic mass is 10.2. The zero-order valence-electron chi connectivity index (χ0n) is 16.1. The molecular weight excluding hydrogens is 493 g/mol. The maximum Gasteiger partial charge on any atom is 0.191 e. The second kappa shape index (κ2) is 11.7. The van der Waals surface area contributed by atoms with Crippen molar-refractivity contribution in [2.75, 3.05) is 33.6 Å². The van der Waals surface area contributed by atoms with Crippen molar-refractivity contribution in [2.24, 2.45) is 4.99 Å². The van der Waals surface area contributed by atoms with Gasteiger partial charge in [-0.3, -0.25) is 4.99 Å². The van der Waals surface area contributed by atoms with Gasteiger partial charge < -0.3 is 20.1 Å². The van der Waals surface area contributed by atoms with Crippen LogP contribution in [0.3, 0.4) is 0 Å². The van der Waals surface area contributed by atoms with E-state index in [0.717, 1.165) is 5.56 Å². The van der Waals surface area contributed by atoms with Gasteiger partial charge in [-0.25, -0.2) is 8.42 Å². The van der Waals surface area contributed by atoms with Gasteiger partial charge in [0.25, 0.3) is 0 Å². The molecule has 0 aliphatic heterocycles. The molecule has 0 heterocycles. The molecule has 9 heteroatoms. The number of aliphatic imine (C=N–C) groups is 1. The van der Waals surface area contributed by atoms with Crippen LogP contribution < -0.4 is 20.1 Å². The Balaban J connectivity index is 0.00000392. The Morgan fingerprint density at radius 2 is 1.68 bits per heavy atom. The zero-order chi connectivity index (χ0) is 19.7. The summed E-state index contributed by atoms with van der Waals surface area (Å²) in [7, 11) is 1.49. The van der Waals surface area contributed by atoms with Crippen molar-refractivity contribution in [3.05, 3.63) is 54.1 Å². The summed E-state index contributed by atoms with van der Waals surface area (Å²) in [5.74, 6) is 1.81. The predicted octanol–water partition coefficient (Wildman–Crippen LogP) is 2.46. The number of methoxy groups -OCH3 is 2. The zero-order valence-corrected chi connectivity index (χ0v) is 19.3. The molecule has 0 saturated heterocycles. The Hall–Kier alpha value is -2.01. The van der Waals surface area contributed by atoms with E-state index in [0.29, 0.717) is 28.9 Å². The van der Waals surface area contributed by atoms with Gasteiger partial charge in [0.2, 0.25) is 0 Å². The smallest absolute Gasteiger partial charge is 0.191 e. The Morgan fingerprint density at radius 3 is 2.29 bits per heavy atom. The number of hydrogen-bond donors (Lipinski definition) is 2. The van der Waals surface area contributed by atoms with E-state index in [1.807, 2.05) is 18.2 Å². The van der Waals surface area contributed by atoms with Crippen LogP contribution in [-0.2, 0) is 16.4 Å². The van der Waals surface area contributed by atoms with Gasteiger partial charge in [0, 0.05) is 20.1 Å². The second-order valence-corrected chi connectivity index (χ2v) is 7.78. The van der Waals surface area contributed by atoms with Crippen LogP contribution in [-0.4, -0.2) is 47.9 Å². The van der Waals surface area contributed by atoms with Crippen molar-refractivity contribution >= 4 is 39.8 Å². The number of sulfone groups is 1. The van der Waals surface area contributed by atoms with Crippen molar-refractivity contribution in [3.8, 4) is 11.5 Å². The van der Waals surface area contributed by atoms with Crippen LogP contribution >= 0.6 is 24.0 Å². The molecule has 2 aromatic carbocycles. The third-order valence-corrected chi connectivity index (χ3v) is 5.63. The Bertz CT molecular complexity index is 874. The van der Waals surface area contributed by atoms with Crippen LogP contribution in [0.15, 0.2) is 58.4 Å². The van der Waals surface area contributed by atoms with E-state index in [4.69, 9.17) is 9.47 Å². The molecule has 0 spiro atoms. The first-order valence-corrected chi connectivity index (χ1v) is 10.1. The fourth-order valence-corrected chi connectivity index (χ4v) is 3.62. The summed E-state index contributed by atoms with van der Waals surface area (Å²) >= 11 is 0. The number of nitrogens with one attached hydrogen (secondary N) is 2. The number of halogens is 1. The highest BCUT2D eigenvalue weighted by atomic mass is 127. The van der Waals surface area contributed by atoms with E-state index in [1.165, 1.54) is 0 Å². The van der Waals surface area contributed by atoms with Crippen molar-refractivity contribution < 1.29 is 17.9 Å². The minimum atomic E-state index is -3.32. The predicted molar refractivity (Wildman–Crippen MR) is 122 cm³/mol. The number of ether oxygens (including phenoxy) is 2. The molecule has 2 rings (SSSR count). The Labute approximate surface area is 183 Å². The van der Waals surface area contributed by atoms with Crippen molar-refractivity contribution in [1.82, 2.24) is 10.6 Å². The third-order valence-electron chi connectivity index (χ3n) is 3.90. The number of benzene rings is 2. The van der Waals surface area contributed by atoms with E-state index in [9.17, 15) is 8.42 Å². The van der Waals surface area contributed by atoms with E-state index < -0.39 is 9.84 Å². The molecule has 0 fully saturated rings. The molecular formula is C19H26IN3O4S. The topological polar surface area (TPSA) is 89.0 Å². The van der Waals surface area contributed by atoms with Crippen LogP contribution in [0, 0.1) is 0 Å². The fourth-order valence-electron chi connectivity index (χ4n) is 2.45. The number of hydrogen-bond acceptors (Lipinski definition) is 5. The first-order chi connectivity index (χ1) is 13.0. The van der Waals surface area contributed by atoms with Crippen molar-refractivity contribution in [1.29, 1.82) is 0 Å².